The van der Waals surface area contributed by atoms with Crippen LogP contribution in [0.1, 0.15) is 21.5 Å². The highest BCUT2D eigenvalue weighted by molar-refractivity contribution is 7.12. The second kappa shape index (κ2) is 5.30. The fourth-order valence-corrected chi connectivity index (χ4v) is 2.97. The summed E-state index contributed by atoms with van der Waals surface area (Å²) < 4.78 is 5.28. The molecule has 0 saturated carbocycles. The van der Waals surface area contributed by atoms with Crippen molar-refractivity contribution >= 4 is 17.2 Å². The van der Waals surface area contributed by atoms with Gasteiger partial charge in [0.2, 0.25) is 11.7 Å². The molecule has 0 N–H and O–H groups in total. The van der Waals surface area contributed by atoms with E-state index in [1.807, 2.05) is 17.5 Å². The zero-order valence-electron chi connectivity index (χ0n) is 11.4. The van der Waals surface area contributed by atoms with Gasteiger partial charge in [-0.05, 0) is 11.4 Å². The predicted octanol–water partition coefficient (Wildman–Crippen LogP) is 1.83. The summed E-state index contributed by atoms with van der Waals surface area (Å²) >= 11 is 1.45. The normalized spacial score (nSPS) is 14.8. The smallest absolute Gasteiger partial charge is 0.263 e. The molecule has 0 aromatic carbocycles. The fraction of sp³-hybridized carbons (Fsp3) is 0.214. The number of amides is 1. The summed E-state index contributed by atoms with van der Waals surface area (Å²) in [7, 11) is 0. The van der Waals surface area contributed by atoms with Gasteiger partial charge in [-0.2, -0.15) is 4.98 Å². The van der Waals surface area contributed by atoms with E-state index in [-0.39, 0.29) is 11.8 Å². The fourth-order valence-electron chi connectivity index (χ4n) is 2.28. The van der Waals surface area contributed by atoms with Gasteiger partial charge in [0.1, 0.15) is 5.69 Å². The van der Waals surface area contributed by atoms with E-state index in [1.54, 1.807) is 23.5 Å². The summed E-state index contributed by atoms with van der Waals surface area (Å²) in [5, 5.41) is 5.82. The van der Waals surface area contributed by atoms with Crippen LogP contribution in [0.3, 0.4) is 0 Å². The molecule has 0 aliphatic carbocycles. The van der Waals surface area contributed by atoms with E-state index in [1.165, 1.54) is 11.3 Å². The Hall–Kier alpha value is -2.61. The Morgan fingerprint density at radius 2 is 2.27 bits per heavy atom. The number of carbonyl (C=O) groups excluding carboxylic acids is 1. The molecule has 1 aliphatic heterocycles. The number of rotatable bonds is 3. The van der Waals surface area contributed by atoms with Gasteiger partial charge in [0.25, 0.3) is 5.91 Å². The van der Waals surface area contributed by atoms with Crippen LogP contribution < -0.4 is 0 Å². The number of thiophene rings is 1. The quantitative estimate of drug-likeness (QED) is 0.733. The average Bonchev–Trinajstić information content (AvgIpc) is 3.18. The van der Waals surface area contributed by atoms with Crippen LogP contribution in [0.5, 0.6) is 0 Å². The molecule has 4 heterocycles. The zero-order valence-corrected chi connectivity index (χ0v) is 12.2. The van der Waals surface area contributed by atoms with Crippen LogP contribution in [-0.2, 0) is 0 Å². The Labute approximate surface area is 129 Å². The molecule has 1 aliphatic rings. The first kappa shape index (κ1) is 13.1. The van der Waals surface area contributed by atoms with Crippen molar-refractivity contribution in [1.29, 1.82) is 0 Å². The molecule has 1 saturated heterocycles. The third kappa shape index (κ3) is 2.27. The van der Waals surface area contributed by atoms with Gasteiger partial charge < -0.3 is 9.42 Å². The maximum Gasteiger partial charge on any atom is 0.263 e. The Morgan fingerprint density at radius 3 is 3.00 bits per heavy atom. The third-order valence-electron chi connectivity index (χ3n) is 3.48. The molecule has 0 bridgehead atoms. The van der Waals surface area contributed by atoms with Crippen molar-refractivity contribution < 1.29 is 9.32 Å². The Balaban J connectivity index is 1.43. The lowest BCUT2D eigenvalue weighted by Gasteiger charge is -2.36. The zero-order chi connectivity index (χ0) is 14.9. The monoisotopic (exact) mass is 313 g/mol. The molecule has 3 aromatic rings. The van der Waals surface area contributed by atoms with Crippen molar-refractivity contribution in [3.63, 3.8) is 0 Å². The third-order valence-corrected chi connectivity index (χ3v) is 4.34. The van der Waals surface area contributed by atoms with Crippen LogP contribution in [0.15, 0.2) is 40.6 Å². The van der Waals surface area contributed by atoms with E-state index in [2.05, 4.69) is 20.1 Å². The Morgan fingerprint density at radius 1 is 1.36 bits per heavy atom. The molecule has 7 nitrogen and oxygen atoms in total. The molecular formula is C14H11N5O2S. The summed E-state index contributed by atoms with van der Waals surface area (Å²) in [6.07, 6.45) is 4.75. The number of hydrogen-bond acceptors (Lipinski definition) is 7. The molecule has 1 amide bonds. The van der Waals surface area contributed by atoms with E-state index in [4.69, 9.17) is 4.52 Å². The lowest BCUT2D eigenvalue weighted by Crippen LogP contribution is -2.48. The second-order valence-electron chi connectivity index (χ2n) is 4.93. The highest BCUT2D eigenvalue weighted by Crippen LogP contribution is 2.29. The summed E-state index contributed by atoms with van der Waals surface area (Å²) in [6.45, 7) is 1.19. The summed E-state index contributed by atoms with van der Waals surface area (Å²) in [4.78, 5) is 27.1. The van der Waals surface area contributed by atoms with Crippen LogP contribution in [0.25, 0.3) is 11.5 Å². The summed E-state index contributed by atoms with van der Waals surface area (Å²) in [5.74, 6) is 1.10. The minimum atomic E-state index is 0.0555. The lowest BCUT2D eigenvalue weighted by atomic mass is 10.00. The van der Waals surface area contributed by atoms with Crippen LogP contribution in [0.2, 0.25) is 0 Å². The number of likely N-dealkylation sites (tertiary alicyclic amines) is 1. The van der Waals surface area contributed by atoms with E-state index in [0.29, 0.717) is 30.5 Å². The first-order valence-electron chi connectivity index (χ1n) is 6.74. The van der Waals surface area contributed by atoms with Gasteiger partial charge in [-0.3, -0.25) is 9.78 Å². The van der Waals surface area contributed by atoms with Crippen LogP contribution in [-0.4, -0.2) is 44.0 Å². The maximum atomic E-state index is 12.1. The molecule has 0 unspecified atom stereocenters. The number of hydrogen-bond donors (Lipinski definition) is 0. The molecule has 0 atom stereocenters. The van der Waals surface area contributed by atoms with Gasteiger partial charge >= 0.3 is 0 Å². The molecule has 110 valence electrons. The first-order chi connectivity index (χ1) is 10.8. The van der Waals surface area contributed by atoms with Gasteiger partial charge in [0.15, 0.2) is 0 Å². The minimum Gasteiger partial charge on any atom is -0.338 e. The summed E-state index contributed by atoms with van der Waals surface area (Å²) in [6, 6.07) is 3.71. The van der Waals surface area contributed by atoms with E-state index >= 15 is 0 Å². The van der Waals surface area contributed by atoms with Crippen molar-refractivity contribution in [2.24, 2.45) is 0 Å². The molecule has 0 spiro atoms. The van der Waals surface area contributed by atoms with Crippen LogP contribution >= 0.6 is 11.3 Å². The Bertz CT molecular complexity index is 781. The van der Waals surface area contributed by atoms with Gasteiger partial charge in [-0.15, -0.1) is 11.3 Å². The topological polar surface area (TPSA) is 85.0 Å². The molecule has 22 heavy (non-hydrogen) atoms. The standard InChI is InChI=1S/C14H11N5O2S/c20-14(11-2-1-5-22-11)19-7-9(8-19)13-17-12(18-21-13)10-6-15-3-4-16-10/h1-6,9H,7-8H2. The van der Waals surface area contributed by atoms with Crippen molar-refractivity contribution in [3.8, 4) is 11.5 Å². The molecule has 4 rings (SSSR count). The predicted molar refractivity (Wildman–Crippen MR) is 78.3 cm³/mol. The van der Waals surface area contributed by atoms with Crippen LogP contribution in [0, 0.1) is 0 Å². The van der Waals surface area contributed by atoms with E-state index in [0.717, 1.165) is 4.88 Å². The minimum absolute atomic E-state index is 0.0555. The molecule has 3 aromatic heterocycles. The SMILES string of the molecule is O=C(c1cccs1)N1CC(c2nc(-c3cnccn3)no2)C1. The molecule has 1 fully saturated rings. The van der Waals surface area contributed by atoms with Crippen molar-refractivity contribution in [1.82, 2.24) is 25.0 Å². The second-order valence-corrected chi connectivity index (χ2v) is 5.88. The summed E-state index contributed by atoms with van der Waals surface area (Å²) in [5.41, 5.74) is 0.573. The molecule has 0 radical (unpaired) electrons. The molecular weight excluding hydrogens is 302 g/mol. The van der Waals surface area contributed by atoms with Crippen molar-refractivity contribution in [2.75, 3.05) is 13.1 Å². The highest BCUT2D eigenvalue weighted by Gasteiger charge is 2.36. The van der Waals surface area contributed by atoms with E-state index in [9.17, 15) is 4.79 Å². The van der Waals surface area contributed by atoms with Crippen molar-refractivity contribution in [3.05, 3.63) is 46.9 Å². The van der Waals surface area contributed by atoms with Gasteiger partial charge in [0.05, 0.1) is 17.0 Å². The van der Waals surface area contributed by atoms with Crippen LogP contribution in [0.4, 0.5) is 0 Å². The van der Waals surface area contributed by atoms with Gasteiger partial charge in [-0.1, -0.05) is 11.2 Å². The average molecular weight is 313 g/mol. The Kier molecular flexibility index (Phi) is 3.15. The number of nitrogens with zero attached hydrogens (tertiary/aromatic N) is 5. The van der Waals surface area contributed by atoms with E-state index < -0.39 is 0 Å². The lowest BCUT2D eigenvalue weighted by molar-refractivity contribution is 0.0574. The van der Waals surface area contributed by atoms with Gasteiger partial charge in [0, 0.05) is 25.5 Å². The van der Waals surface area contributed by atoms with Crippen molar-refractivity contribution in [2.45, 2.75) is 5.92 Å². The molecule has 8 heteroatoms. The van der Waals surface area contributed by atoms with Gasteiger partial charge in [-0.25, -0.2) is 4.98 Å². The number of carbonyl (C=O) groups is 1. The largest absolute Gasteiger partial charge is 0.338 e. The maximum absolute atomic E-state index is 12.1. The first-order valence-corrected chi connectivity index (χ1v) is 7.62. The highest BCUT2D eigenvalue weighted by atomic mass is 32.1. The number of aromatic nitrogens is 4.